The van der Waals surface area contributed by atoms with E-state index in [0.29, 0.717) is 18.4 Å². The van der Waals surface area contributed by atoms with E-state index < -0.39 is 10.0 Å². The summed E-state index contributed by atoms with van der Waals surface area (Å²) >= 11 is 0. The molecule has 32 heavy (non-hydrogen) atoms. The first-order valence-corrected chi connectivity index (χ1v) is 13.0. The van der Waals surface area contributed by atoms with Gasteiger partial charge in [-0.2, -0.15) is 5.10 Å². The maximum Gasteiger partial charge on any atom is 0.215 e. The van der Waals surface area contributed by atoms with Crippen molar-refractivity contribution in [2.24, 2.45) is 13.0 Å². The molecule has 1 N–H and O–H groups in total. The first-order valence-electron chi connectivity index (χ1n) is 11.3. The van der Waals surface area contributed by atoms with Crippen LogP contribution in [0.1, 0.15) is 30.0 Å². The Balaban J connectivity index is 1.24. The van der Waals surface area contributed by atoms with Crippen molar-refractivity contribution < 1.29 is 8.42 Å². The fraction of sp³-hybridized carbons (Fsp3) is 0.400. The van der Waals surface area contributed by atoms with Gasteiger partial charge in [-0.15, -0.1) is 0 Å². The van der Waals surface area contributed by atoms with Crippen LogP contribution in [-0.2, 0) is 22.8 Å². The second-order valence-corrected chi connectivity index (χ2v) is 10.9. The van der Waals surface area contributed by atoms with E-state index in [0.717, 1.165) is 42.8 Å². The topological polar surface area (TPSA) is 67.2 Å². The van der Waals surface area contributed by atoms with E-state index in [1.54, 1.807) is 0 Å². The lowest BCUT2D eigenvalue weighted by molar-refractivity contribution is 0.0306. The van der Waals surface area contributed by atoms with E-state index in [1.165, 1.54) is 5.69 Å². The predicted octanol–water partition coefficient (Wildman–Crippen LogP) is 3.38. The molecule has 4 atom stereocenters. The van der Waals surface area contributed by atoms with Crippen molar-refractivity contribution in [2.75, 3.05) is 19.6 Å². The molecule has 3 aromatic rings. The van der Waals surface area contributed by atoms with Gasteiger partial charge in [0.25, 0.3) is 0 Å². The summed E-state index contributed by atoms with van der Waals surface area (Å²) in [4.78, 5) is 2.46. The van der Waals surface area contributed by atoms with Gasteiger partial charge >= 0.3 is 0 Å². The van der Waals surface area contributed by atoms with Crippen LogP contribution in [0.25, 0.3) is 11.3 Å². The smallest absolute Gasteiger partial charge is 0.215 e. The molecule has 3 saturated heterocycles. The molecule has 3 aliphatic heterocycles. The summed E-state index contributed by atoms with van der Waals surface area (Å²) in [5.41, 5.74) is 4.25. The minimum atomic E-state index is -3.34. The lowest BCUT2D eigenvalue weighted by Gasteiger charge is -2.50. The largest absolute Gasteiger partial charge is 0.298 e. The highest BCUT2D eigenvalue weighted by Crippen LogP contribution is 2.42. The van der Waals surface area contributed by atoms with Crippen molar-refractivity contribution in [2.45, 2.75) is 30.6 Å². The van der Waals surface area contributed by atoms with Gasteiger partial charge in [0.1, 0.15) is 0 Å². The molecule has 2 aromatic carbocycles. The van der Waals surface area contributed by atoms with Gasteiger partial charge in [0.15, 0.2) is 0 Å². The minimum absolute atomic E-state index is 0.0316. The number of rotatable bonds is 7. The molecule has 3 aliphatic rings. The number of sulfonamides is 1. The molecule has 1 aromatic heterocycles. The quantitative estimate of drug-likeness (QED) is 0.599. The number of hydrogen-bond acceptors (Lipinski definition) is 4. The molecule has 6 nitrogen and oxygen atoms in total. The van der Waals surface area contributed by atoms with E-state index in [-0.39, 0.29) is 11.8 Å². The maximum atomic E-state index is 12.6. The Bertz CT molecular complexity index is 1160. The maximum absolute atomic E-state index is 12.6. The molecule has 0 spiro atoms. The third kappa shape index (κ3) is 4.51. The summed E-state index contributed by atoms with van der Waals surface area (Å²) < 4.78 is 30.1. The van der Waals surface area contributed by atoms with Crippen LogP contribution in [0.2, 0.25) is 0 Å². The first kappa shape index (κ1) is 21.4. The molecule has 6 rings (SSSR count). The number of fused-ring (bicyclic) bond motifs is 3. The lowest BCUT2D eigenvalue weighted by Crippen LogP contribution is -2.56. The van der Waals surface area contributed by atoms with Crippen LogP contribution < -0.4 is 4.72 Å². The van der Waals surface area contributed by atoms with Crippen LogP contribution >= 0.6 is 0 Å². The highest BCUT2D eigenvalue weighted by Gasteiger charge is 2.42. The van der Waals surface area contributed by atoms with Crippen LogP contribution in [0.5, 0.6) is 0 Å². The van der Waals surface area contributed by atoms with Crippen molar-refractivity contribution in [1.29, 1.82) is 0 Å². The molecule has 0 saturated carbocycles. The minimum Gasteiger partial charge on any atom is -0.298 e. The molecule has 2 bridgehead atoms. The SMILES string of the molecule is Cn1nc(-c2ccccc2)cc1[C@@H]1CN2CC[C@H]1C[C@@H]2CNS(=O)(=O)Cc1ccccc1. The number of nitrogens with one attached hydrogen (secondary N) is 1. The third-order valence-electron chi connectivity index (χ3n) is 6.98. The van der Waals surface area contributed by atoms with Crippen LogP contribution in [0.15, 0.2) is 66.7 Å². The van der Waals surface area contributed by atoms with Gasteiger partial charge in [-0.3, -0.25) is 9.58 Å². The Labute approximate surface area is 190 Å². The number of piperidine rings is 3. The zero-order valence-electron chi connectivity index (χ0n) is 18.4. The van der Waals surface area contributed by atoms with Crippen molar-refractivity contribution in [3.8, 4) is 11.3 Å². The van der Waals surface area contributed by atoms with Gasteiger partial charge in [0, 0.05) is 43.4 Å². The number of nitrogens with zero attached hydrogens (tertiary/aromatic N) is 3. The van der Waals surface area contributed by atoms with Crippen LogP contribution in [-0.4, -0.2) is 48.8 Å². The second kappa shape index (κ2) is 8.81. The number of aromatic nitrogens is 2. The van der Waals surface area contributed by atoms with E-state index in [2.05, 4.69) is 27.8 Å². The summed E-state index contributed by atoms with van der Waals surface area (Å²) in [6, 6.07) is 22.2. The molecule has 4 heterocycles. The highest BCUT2D eigenvalue weighted by molar-refractivity contribution is 7.88. The molecule has 1 unspecified atom stereocenters. The lowest BCUT2D eigenvalue weighted by atomic mass is 9.74. The predicted molar refractivity (Wildman–Crippen MR) is 127 cm³/mol. The molecule has 7 heteroatoms. The van der Waals surface area contributed by atoms with E-state index >= 15 is 0 Å². The standard InChI is InChI=1S/C25H30N4O2S/c1-28-25(15-24(27-28)20-10-6-3-7-11-20)23-17-29-13-12-21(23)14-22(29)16-26-32(30,31)18-19-8-4-2-5-9-19/h2-11,15,21-23,26H,12-14,16-18H2,1H3/t21-,22+,23+/m0/s1. The Morgan fingerprint density at radius 2 is 1.78 bits per heavy atom. The molecule has 3 fully saturated rings. The van der Waals surface area contributed by atoms with Gasteiger partial charge < -0.3 is 0 Å². The van der Waals surface area contributed by atoms with Crippen molar-refractivity contribution in [3.63, 3.8) is 0 Å². The second-order valence-electron chi connectivity index (χ2n) is 9.08. The first-order chi connectivity index (χ1) is 15.5. The van der Waals surface area contributed by atoms with Gasteiger partial charge in [0.05, 0.1) is 11.4 Å². The molecule has 168 valence electrons. The Morgan fingerprint density at radius 3 is 2.47 bits per heavy atom. The molecule has 0 radical (unpaired) electrons. The average Bonchev–Trinajstić information content (AvgIpc) is 3.20. The molecular weight excluding hydrogens is 420 g/mol. The third-order valence-corrected chi connectivity index (χ3v) is 8.30. The summed E-state index contributed by atoms with van der Waals surface area (Å²) in [7, 11) is -1.31. The Morgan fingerprint density at radius 1 is 1.06 bits per heavy atom. The van der Waals surface area contributed by atoms with E-state index in [9.17, 15) is 8.42 Å². The zero-order valence-corrected chi connectivity index (χ0v) is 19.2. The molecule has 0 amide bonds. The van der Waals surface area contributed by atoms with Crippen molar-refractivity contribution >= 4 is 10.0 Å². The van der Waals surface area contributed by atoms with Crippen molar-refractivity contribution in [3.05, 3.63) is 78.0 Å². The fourth-order valence-corrected chi connectivity index (χ4v) is 6.51. The van der Waals surface area contributed by atoms with Crippen molar-refractivity contribution in [1.82, 2.24) is 19.4 Å². The number of hydrogen-bond donors (Lipinski definition) is 1. The Kier molecular flexibility index (Phi) is 5.88. The van der Waals surface area contributed by atoms with E-state index in [1.807, 2.05) is 60.3 Å². The zero-order chi connectivity index (χ0) is 22.1. The average molecular weight is 451 g/mol. The van der Waals surface area contributed by atoms with Crippen LogP contribution in [0.3, 0.4) is 0 Å². The summed E-state index contributed by atoms with van der Waals surface area (Å²) in [5.74, 6) is 1.03. The summed E-state index contributed by atoms with van der Waals surface area (Å²) in [6.07, 6.45) is 2.17. The number of benzene rings is 2. The fourth-order valence-electron chi connectivity index (χ4n) is 5.33. The van der Waals surface area contributed by atoms with Gasteiger partial charge in [0.2, 0.25) is 10.0 Å². The number of aryl methyl sites for hydroxylation is 1. The summed E-state index contributed by atoms with van der Waals surface area (Å²) in [6.45, 7) is 2.48. The Hall–Kier alpha value is -2.48. The van der Waals surface area contributed by atoms with E-state index in [4.69, 9.17) is 5.10 Å². The molecule has 0 aliphatic carbocycles. The highest BCUT2D eigenvalue weighted by atomic mass is 32.2. The van der Waals surface area contributed by atoms with Gasteiger partial charge in [-0.25, -0.2) is 13.1 Å². The normalized spacial score (nSPS) is 25.2. The summed E-state index contributed by atoms with van der Waals surface area (Å²) in [5, 5.41) is 4.77. The van der Waals surface area contributed by atoms with Crippen LogP contribution in [0.4, 0.5) is 0 Å². The van der Waals surface area contributed by atoms with Gasteiger partial charge in [-0.1, -0.05) is 60.7 Å². The molecular formula is C25H30N4O2S. The van der Waals surface area contributed by atoms with Crippen LogP contribution in [0, 0.1) is 5.92 Å². The monoisotopic (exact) mass is 450 g/mol. The van der Waals surface area contributed by atoms with Gasteiger partial charge in [-0.05, 0) is 36.9 Å².